The third kappa shape index (κ3) is 7.57. The van der Waals surface area contributed by atoms with Crippen LogP contribution in [0.5, 0.6) is 0 Å². The van der Waals surface area contributed by atoms with Gasteiger partial charge in [-0.1, -0.05) is 18.2 Å². The van der Waals surface area contributed by atoms with E-state index < -0.39 is 5.97 Å². The SMILES string of the molecule is C=C(Cl)CN(C)CCCC(=O)O. The fourth-order valence-corrected chi connectivity index (χ4v) is 1.08. The number of aliphatic carboxylic acids is 1. The molecule has 0 atom stereocenters. The Bertz CT molecular complexity index is 170. The molecule has 0 saturated carbocycles. The maximum Gasteiger partial charge on any atom is 0.303 e. The largest absolute Gasteiger partial charge is 0.481 e. The van der Waals surface area contributed by atoms with Crippen molar-refractivity contribution in [2.75, 3.05) is 20.1 Å². The maximum absolute atomic E-state index is 10.1. The van der Waals surface area contributed by atoms with Crippen LogP contribution in [0.1, 0.15) is 12.8 Å². The van der Waals surface area contributed by atoms with Crippen LogP contribution in [-0.4, -0.2) is 36.1 Å². The van der Waals surface area contributed by atoms with Gasteiger partial charge in [-0.3, -0.25) is 4.79 Å². The molecule has 1 N–H and O–H groups in total. The summed E-state index contributed by atoms with van der Waals surface area (Å²) in [5.41, 5.74) is 0. The first kappa shape index (κ1) is 11.5. The molecule has 0 unspecified atom stereocenters. The zero-order valence-electron chi connectivity index (χ0n) is 7.22. The first-order valence-corrected chi connectivity index (χ1v) is 4.14. The number of nitrogens with zero attached hydrogens (tertiary/aromatic N) is 1. The van der Waals surface area contributed by atoms with Gasteiger partial charge in [0.25, 0.3) is 0 Å². The van der Waals surface area contributed by atoms with Gasteiger partial charge in [-0.05, 0) is 20.0 Å². The van der Waals surface area contributed by atoms with Gasteiger partial charge in [-0.2, -0.15) is 0 Å². The summed E-state index contributed by atoms with van der Waals surface area (Å²) in [6.45, 7) is 4.89. The van der Waals surface area contributed by atoms with Gasteiger partial charge >= 0.3 is 5.97 Å². The number of carboxylic acid groups (broad SMARTS) is 1. The standard InChI is InChI=1S/C8H14ClNO2/c1-7(9)6-10(2)5-3-4-8(11)12/h1,3-6H2,2H3,(H,11,12). The van der Waals surface area contributed by atoms with Gasteiger partial charge in [0.15, 0.2) is 0 Å². The number of hydrogen-bond donors (Lipinski definition) is 1. The van der Waals surface area contributed by atoms with E-state index in [2.05, 4.69) is 6.58 Å². The number of likely N-dealkylation sites (N-methyl/N-ethyl adjacent to an activating group) is 1. The molecule has 0 fully saturated rings. The van der Waals surface area contributed by atoms with E-state index in [4.69, 9.17) is 16.7 Å². The van der Waals surface area contributed by atoms with E-state index in [0.29, 0.717) is 18.0 Å². The summed E-state index contributed by atoms with van der Waals surface area (Å²) < 4.78 is 0. The molecule has 0 saturated heterocycles. The lowest BCUT2D eigenvalue weighted by atomic mass is 10.3. The van der Waals surface area contributed by atoms with E-state index in [9.17, 15) is 4.79 Å². The molecule has 0 rings (SSSR count). The number of hydrogen-bond acceptors (Lipinski definition) is 2. The van der Waals surface area contributed by atoms with Gasteiger partial charge in [-0.25, -0.2) is 0 Å². The van der Waals surface area contributed by atoms with E-state index in [-0.39, 0.29) is 6.42 Å². The molecule has 0 amide bonds. The fourth-order valence-electron chi connectivity index (χ4n) is 0.872. The van der Waals surface area contributed by atoms with Gasteiger partial charge < -0.3 is 10.0 Å². The van der Waals surface area contributed by atoms with E-state index in [0.717, 1.165) is 6.54 Å². The van der Waals surface area contributed by atoms with Crippen LogP contribution in [0, 0.1) is 0 Å². The molecule has 0 aliphatic heterocycles. The molecule has 0 aliphatic carbocycles. The van der Waals surface area contributed by atoms with Gasteiger partial charge in [0, 0.05) is 18.0 Å². The predicted octanol–water partition coefficient (Wildman–Crippen LogP) is 1.54. The van der Waals surface area contributed by atoms with Crippen LogP contribution >= 0.6 is 11.6 Å². The molecule has 0 aromatic heterocycles. The summed E-state index contributed by atoms with van der Waals surface area (Å²) in [4.78, 5) is 12.1. The third-order valence-corrected chi connectivity index (χ3v) is 1.49. The van der Waals surface area contributed by atoms with Crippen molar-refractivity contribution in [2.24, 2.45) is 0 Å². The molecule has 70 valence electrons. The number of rotatable bonds is 6. The average Bonchev–Trinajstić information content (AvgIpc) is 1.84. The van der Waals surface area contributed by atoms with Crippen LogP contribution in [0.4, 0.5) is 0 Å². The second kappa shape index (κ2) is 6.03. The molecular weight excluding hydrogens is 178 g/mol. The Morgan fingerprint density at radius 1 is 1.67 bits per heavy atom. The first-order valence-electron chi connectivity index (χ1n) is 3.76. The zero-order valence-corrected chi connectivity index (χ0v) is 7.97. The Labute approximate surface area is 77.6 Å². The van der Waals surface area contributed by atoms with Crippen molar-refractivity contribution in [1.82, 2.24) is 4.90 Å². The lowest BCUT2D eigenvalue weighted by molar-refractivity contribution is -0.137. The van der Waals surface area contributed by atoms with Gasteiger partial charge in [-0.15, -0.1) is 0 Å². The number of carbonyl (C=O) groups is 1. The van der Waals surface area contributed by atoms with Gasteiger partial charge in [0.05, 0.1) is 0 Å². The Hall–Kier alpha value is -0.540. The summed E-state index contributed by atoms with van der Waals surface area (Å²) >= 11 is 5.56. The highest BCUT2D eigenvalue weighted by molar-refractivity contribution is 6.29. The summed E-state index contributed by atoms with van der Waals surface area (Å²) in [5, 5.41) is 8.92. The fraction of sp³-hybridized carbons (Fsp3) is 0.625. The smallest absolute Gasteiger partial charge is 0.303 e. The van der Waals surface area contributed by atoms with E-state index >= 15 is 0 Å². The molecule has 0 spiro atoms. The van der Waals surface area contributed by atoms with Crippen molar-refractivity contribution < 1.29 is 9.90 Å². The molecule has 12 heavy (non-hydrogen) atoms. The molecule has 4 heteroatoms. The Balaban J connectivity index is 3.37. The number of halogens is 1. The first-order chi connectivity index (χ1) is 5.52. The minimum absolute atomic E-state index is 0.207. The van der Waals surface area contributed by atoms with E-state index in [1.165, 1.54) is 0 Å². The van der Waals surface area contributed by atoms with Gasteiger partial charge in [0.2, 0.25) is 0 Å². The van der Waals surface area contributed by atoms with Crippen molar-refractivity contribution in [3.8, 4) is 0 Å². The summed E-state index contributed by atoms with van der Waals surface area (Å²) in [6, 6.07) is 0. The van der Waals surface area contributed by atoms with Crippen LogP contribution in [0.2, 0.25) is 0 Å². The molecule has 3 nitrogen and oxygen atoms in total. The maximum atomic E-state index is 10.1. The van der Waals surface area contributed by atoms with Crippen LogP contribution in [0.25, 0.3) is 0 Å². The van der Waals surface area contributed by atoms with Crippen molar-refractivity contribution in [1.29, 1.82) is 0 Å². The van der Waals surface area contributed by atoms with E-state index in [1.807, 2.05) is 11.9 Å². The normalized spacial score (nSPS) is 10.2. The van der Waals surface area contributed by atoms with Crippen LogP contribution in [0.15, 0.2) is 11.6 Å². The predicted molar refractivity (Wildman–Crippen MR) is 49.4 cm³/mol. The van der Waals surface area contributed by atoms with Crippen LogP contribution < -0.4 is 0 Å². The van der Waals surface area contributed by atoms with Crippen LogP contribution in [0.3, 0.4) is 0 Å². The lowest BCUT2D eigenvalue weighted by Gasteiger charge is -2.14. The summed E-state index contributed by atoms with van der Waals surface area (Å²) in [7, 11) is 1.88. The highest BCUT2D eigenvalue weighted by Gasteiger charge is 2.01. The van der Waals surface area contributed by atoms with Gasteiger partial charge in [0.1, 0.15) is 0 Å². The zero-order chi connectivity index (χ0) is 9.56. The second-order valence-corrected chi connectivity index (χ2v) is 3.29. The highest BCUT2D eigenvalue weighted by Crippen LogP contribution is 2.00. The van der Waals surface area contributed by atoms with Crippen molar-refractivity contribution in [2.45, 2.75) is 12.8 Å². The second-order valence-electron chi connectivity index (χ2n) is 2.75. The molecule has 0 radical (unpaired) electrons. The number of carboxylic acids is 1. The van der Waals surface area contributed by atoms with Crippen molar-refractivity contribution in [3.63, 3.8) is 0 Å². The highest BCUT2D eigenvalue weighted by atomic mass is 35.5. The summed E-state index contributed by atoms with van der Waals surface area (Å²) in [6.07, 6.45) is 0.856. The quantitative estimate of drug-likeness (QED) is 0.693. The molecule has 0 bridgehead atoms. The van der Waals surface area contributed by atoms with E-state index in [1.54, 1.807) is 0 Å². The monoisotopic (exact) mass is 191 g/mol. The molecule has 0 aromatic carbocycles. The summed E-state index contributed by atoms with van der Waals surface area (Å²) in [5.74, 6) is -0.756. The Kier molecular flexibility index (Phi) is 5.76. The van der Waals surface area contributed by atoms with Crippen LogP contribution in [-0.2, 0) is 4.79 Å². The van der Waals surface area contributed by atoms with Crippen molar-refractivity contribution in [3.05, 3.63) is 11.6 Å². The topological polar surface area (TPSA) is 40.5 Å². The lowest BCUT2D eigenvalue weighted by Crippen LogP contribution is -2.21. The minimum Gasteiger partial charge on any atom is -0.481 e. The third-order valence-electron chi connectivity index (χ3n) is 1.37. The molecular formula is C8H14ClNO2. The molecule has 0 aromatic rings. The average molecular weight is 192 g/mol. The minimum atomic E-state index is -0.756. The Morgan fingerprint density at radius 2 is 2.25 bits per heavy atom. The van der Waals surface area contributed by atoms with Crippen molar-refractivity contribution >= 4 is 17.6 Å². The molecule has 0 heterocycles. The molecule has 0 aliphatic rings. The Morgan fingerprint density at radius 3 is 2.67 bits per heavy atom.